The molecule has 1 aliphatic carbocycles. The van der Waals surface area contributed by atoms with E-state index in [9.17, 15) is 4.79 Å². The fourth-order valence-corrected chi connectivity index (χ4v) is 2.48. The van der Waals surface area contributed by atoms with Crippen molar-refractivity contribution in [2.24, 2.45) is 10.7 Å². The maximum Gasteiger partial charge on any atom is 0.323 e. The first-order valence-corrected chi connectivity index (χ1v) is 7.77. The van der Waals surface area contributed by atoms with Gasteiger partial charge in [-0.05, 0) is 31.2 Å². The van der Waals surface area contributed by atoms with E-state index in [0.29, 0.717) is 12.5 Å². The molecule has 2 N–H and O–H groups in total. The molecule has 120 valence electrons. The number of carbonyl (C=O) groups is 1. The van der Waals surface area contributed by atoms with Gasteiger partial charge < -0.3 is 15.2 Å². The number of rotatable bonds is 6. The minimum Gasteiger partial charge on any atom is -0.476 e. The van der Waals surface area contributed by atoms with Gasteiger partial charge in [0, 0.05) is 13.5 Å². The molecule has 0 radical (unpaired) electrons. The molecular weight excluding hydrogens is 280 g/mol. The van der Waals surface area contributed by atoms with Gasteiger partial charge in [0.1, 0.15) is 18.8 Å². The fourth-order valence-electron chi connectivity index (χ4n) is 2.48. The lowest BCUT2D eigenvalue weighted by atomic mass is 10.2. The van der Waals surface area contributed by atoms with Crippen molar-refractivity contribution in [1.82, 2.24) is 0 Å². The molecule has 1 aromatic rings. The van der Waals surface area contributed by atoms with Crippen LogP contribution in [0, 0.1) is 0 Å². The van der Waals surface area contributed by atoms with Crippen molar-refractivity contribution in [3.05, 3.63) is 35.9 Å². The van der Waals surface area contributed by atoms with E-state index in [4.69, 9.17) is 15.2 Å². The van der Waals surface area contributed by atoms with E-state index >= 15 is 0 Å². The summed E-state index contributed by atoms with van der Waals surface area (Å²) in [6.45, 7) is 0.415. The van der Waals surface area contributed by atoms with Gasteiger partial charge in [0.15, 0.2) is 5.90 Å². The number of benzene rings is 1. The number of carbonyl (C=O) groups excluding carboxylic acids is 1. The molecule has 5 heteroatoms. The van der Waals surface area contributed by atoms with Gasteiger partial charge in [0.2, 0.25) is 0 Å². The largest absolute Gasteiger partial charge is 0.476 e. The number of nitrogens with two attached hydrogens (primary N) is 1. The number of hydrogen-bond acceptors (Lipinski definition) is 5. The average molecular weight is 304 g/mol. The van der Waals surface area contributed by atoms with Crippen LogP contribution in [-0.4, -0.2) is 31.1 Å². The number of ether oxygens (including phenoxy) is 2. The lowest BCUT2D eigenvalue weighted by molar-refractivity contribution is -0.150. The van der Waals surface area contributed by atoms with Crippen molar-refractivity contribution in [2.45, 2.75) is 50.9 Å². The molecule has 0 bridgehead atoms. The summed E-state index contributed by atoms with van der Waals surface area (Å²) in [5.74, 6) is 0.107. The molecule has 1 aliphatic rings. The van der Waals surface area contributed by atoms with Gasteiger partial charge >= 0.3 is 5.97 Å². The van der Waals surface area contributed by atoms with Crippen LogP contribution in [-0.2, 0) is 20.9 Å². The summed E-state index contributed by atoms with van der Waals surface area (Å²) < 4.78 is 11.0. The first-order valence-electron chi connectivity index (χ1n) is 7.77. The molecule has 0 aliphatic heterocycles. The Morgan fingerprint density at radius 1 is 1.32 bits per heavy atom. The lowest BCUT2D eigenvalue weighted by Crippen LogP contribution is -2.36. The van der Waals surface area contributed by atoms with E-state index in [2.05, 4.69) is 4.99 Å². The second kappa shape index (κ2) is 8.54. The van der Waals surface area contributed by atoms with Crippen LogP contribution in [0.3, 0.4) is 0 Å². The van der Waals surface area contributed by atoms with Gasteiger partial charge in [-0.15, -0.1) is 0 Å². The lowest BCUT2D eigenvalue weighted by Gasteiger charge is -2.17. The number of esters is 1. The Morgan fingerprint density at radius 3 is 2.64 bits per heavy atom. The third kappa shape index (κ3) is 5.15. The topological polar surface area (TPSA) is 73.9 Å². The Hall–Kier alpha value is -1.88. The molecule has 0 aromatic heterocycles. The third-order valence-corrected chi connectivity index (χ3v) is 3.78. The molecule has 0 spiro atoms. The summed E-state index contributed by atoms with van der Waals surface area (Å²) in [6.07, 6.45) is 4.42. The van der Waals surface area contributed by atoms with E-state index in [0.717, 1.165) is 31.2 Å². The minimum absolute atomic E-state index is 0.0332. The van der Waals surface area contributed by atoms with Crippen LogP contribution in [0.4, 0.5) is 0 Å². The summed E-state index contributed by atoms with van der Waals surface area (Å²) in [6, 6.07) is 9.07. The highest BCUT2D eigenvalue weighted by Gasteiger charge is 2.24. The quantitative estimate of drug-likeness (QED) is 0.497. The van der Waals surface area contributed by atoms with E-state index in [-0.39, 0.29) is 18.5 Å². The van der Waals surface area contributed by atoms with Crippen LogP contribution in [0.1, 0.15) is 37.7 Å². The van der Waals surface area contributed by atoms with Gasteiger partial charge in [-0.3, -0.25) is 9.79 Å². The van der Waals surface area contributed by atoms with Crippen molar-refractivity contribution >= 4 is 11.9 Å². The van der Waals surface area contributed by atoms with E-state index in [1.54, 1.807) is 7.05 Å². The van der Waals surface area contributed by atoms with Gasteiger partial charge in [0.05, 0.1) is 0 Å². The molecule has 1 saturated carbocycles. The SMILES string of the molecule is CN=C(CC(N)C(=O)OC1CCCC1)OCc1ccccc1. The van der Waals surface area contributed by atoms with Crippen LogP contribution in [0.15, 0.2) is 35.3 Å². The molecule has 1 aromatic carbocycles. The zero-order valence-corrected chi connectivity index (χ0v) is 13.0. The van der Waals surface area contributed by atoms with Gasteiger partial charge in [-0.1, -0.05) is 30.3 Å². The van der Waals surface area contributed by atoms with Gasteiger partial charge in [-0.25, -0.2) is 0 Å². The minimum atomic E-state index is -0.727. The van der Waals surface area contributed by atoms with Crippen LogP contribution in [0.2, 0.25) is 0 Å². The fraction of sp³-hybridized carbons (Fsp3) is 0.529. The van der Waals surface area contributed by atoms with Crippen molar-refractivity contribution in [3.63, 3.8) is 0 Å². The van der Waals surface area contributed by atoms with Crippen molar-refractivity contribution < 1.29 is 14.3 Å². The van der Waals surface area contributed by atoms with E-state index < -0.39 is 6.04 Å². The van der Waals surface area contributed by atoms with Crippen molar-refractivity contribution in [3.8, 4) is 0 Å². The second-order valence-corrected chi connectivity index (χ2v) is 5.55. The molecule has 1 atom stereocenters. The monoisotopic (exact) mass is 304 g/mol. The predicted molar refractivity (Wildman–Crippen MR) is 85.5 cm³/mol. The van der Waals surface area contributed by atoms with Gasteiger partial charge in [0.25, 0.3) is 0 Å². The zero-order valence-electron chi connectivity index (χ0n) is 13.0. The summed E-state index contributed by atoms with van der Waals surface area (Å²) >= 11 is 0. The first-order chi connectivity index (χ1) is 10.7. The molecule has 0 heterocycles. The van der Waals surface area contributed by atoms with Crippen LogP contribution in [0.25, 0.3) is 0 Å². The second-order valence-electron chi connectivity index (χ2n) is 5.55. The Labute approximate surface area is 131 Å². The summed E-state index contributed by atoms with van der Waals surface area (Å²) in [5.41, 5.74) is 6.95. The number of nitrogens with zero attached hydrogens (tertiary/aromatic N) is 1. The molecule has 1 unspecified atom stereocenters. The first kappa shape index (κ1) is 16.5. The number of aliphatic imine (C=N–C) groups is 1. The average Bonchev–Trinajstić information content (AvgIpc) is 3.05. The van der Waals surface area contributed by atoms with Crippen LogP contribution < -0.4 is 5.73 Å². The predicted octanol–water partition coefficient (Wildman–Crippen LogP) is 2.43. The highest BCUT2D eigenvalue weighted by Crippen LogP contribution is 2.21. The normalized spacial score (nSPS) is 17.3. The molecule has 22 heavy (non-hydrogen) atoms. The van der Waals surface area contributed by atoms with Crippen molar-refractivity contribution in [2.75, 3.05) is 7.05 Å². The molecule has 1 fully saturated rings. The Balaban J connectivity index is 1.77. The molecule has 2 rings (SSSR count). The molecule has 0 saturated heterocycles. The highest BCUT2D eigenvalue weighted by atomic mass is 16.5. The Kier molecular flexibility index (Phi) is 6.40. The van der Waals surface area contributed by atoms with Crippen LogP contribution >= 0.6 is 0 Å². The molecule has 0 amide bonds. The Bertz CT molecular complexity index is 496. The smallest absolute Gasteiger partial charge is 0.323 e. The van der Waals surface area contributed by atoms with Crippen LogP contribution in [0.5, 0.6) is 0 Å². The van der Waals surface area contributed by atoms with Gasteiger partial charge in [-0.2, -0.15) is 0 Å². The van der Waals surface area contributed by atoms with E-state index in [1.807, 2.05) is 30.3 Å². The maximum absolute atomic E-state index is 12.0. The summed E-state index contributed by atoms with van der Waals surface area (Å²) in [7, 11) is 1.63. The summed E-state index contributed by atoms with van der Waals surface area (Å²) in [4.78, 5) is 16.0. The van der Waals surface area contributed by atoms with Crippen molar-refractivity contribution in [1.29, 1.82) is 0 Å². The molecule has 5 nitrogen and oxygen atoms in total. The third-order valence-electron chi connectivity index (χ3n) is 3.78. The highest BCUT2D eigenvalue weighted by molar-refractivity contribution is 5.85. The molecular formula is C17H24N2O3. The Morgan fingerprint density at radius 2 is 2.00 bits per heavy atom. The van der Waals surface area contributed by atoms with E-state index in [1.165, 1.54) is 0 Å². The zero-order chi connectivity index (χ0) is 15.8. The maximum atomic E-state index is 12.0. The standard InChI is InChI=1S/C17H24N2O3/c1-19-16(21-12-13-7-3-2-4-8-13)11-15(18)17(20)22-14-9-5-6-10-14/h2-4,7-8,14-15H,5-6,9-12,18H2,1H3. The number of hydrogen-bond donors (Lipinski definition) is 1. The summed E-state index contributed by atoms with van der Waals surface area (Å²) in [5, 5.41) is 0.